The molecule has 0 saturated carbocycles. The van der Waals surface area contributed by atoms with Gasteiger partial charge in [-0.1, -0.05) is 60.7 Å². The summed E-state index contributed by atoms with van der Waals surface area (Å²) < 4.78 is 21.1. The van der Waals surface area contributed by atoms with E-state index in [1.54, 1.807) is 14.2 Å². The summed E-state index contributed by atoms with van der Waals surface area (Å²) in [6.45, 7) is 8.17. The average molecular weight is 675 g/mol. The molecule has 0 bridgehead atoms. The number of fused-ring (bicyclic) bond motifs is 6. The highest BCUT2D eigenvalue weighted by Crippen LogP contribution is 2.34. The molecule has 256 valence electrons. The summed E-state index contributed by atoms with van der Waals surface area (Å²) in [5.74, 6) is 1.77. The Morgan fingerprint density at radius 3 is 1.33 bits per heavy atom. The van der Waals surface area contributed by atoms with Gasteiger partial charge in [0.15, 0.2) is 12.4 Å². The van der Waals surface area contributed by atoms with Crippen molar-refractivity contribution in [2.24, 2.45) is 0 Å². The molecule has 0 N–H and O–H groups in total. The minimum atomic E-state index is 0.817. The van der Waals surface area contributed by atoms with Crippen LogP contribution in [-0.4, -0.2) is 23.4 Å². The number of pyridine rings is 2. The number of nitrogens with zero attached hydrogens (tertiary/aromatic N) is 4. The van der Waals surface area contributed by atoms with Crippen LogP contribution in [0.3, 0.4) is 0 Å². The van der Waals surface area contributed by atoms with Crippen LogP contribution in [0, 0.1) is 13.8 Å². The summed E-state index contributed by atoms with van der Waals surface area (Å²) in [6, 6.07) is 39.0. The van der Waals surface area contributed by atoms with Crippen LogP contribution in [0.15, 0.2) is 122 Å². The molecule has 0 aliphatic carbocycles. The Labute approximate surface area is 299 Å². The molecule has 0 aliphatic rings. The third-order valence-corrected chi connectivity index (χ3v) is 10.7. The van der Waals surface area contributed by atoms with Crippen molar-refractivity contribution in [3.8, 4) is 11.5 Å². The van der Waals surface area contributed by atoms with Gasteiger partial charge in [-0.25, -0.2) is 9.13 Å². The lowest BCUT2D eigenvalue weighted by Gasteiger charge is -2.10. The van der Waals surface area contributed by atoms with Crippen molar-refractivity contribution in [2.75, 3.05) is 14.2 Å². The number of hydrogen-bond donors (Lipinski definition) is 0. The summed E-state index contributed by atoms with van der Waals surface area (Å²) in [5, 5.41) is 5.12. The van der Waals surface area contributed by atoms with E-state index in [2.05, 4.69) is 154 Å². The predicted octanol–water partition coefficient (Wildman–Crippen LogP) is 9.08. The van der Waals surface area contributed by atoms with E-state index in [-0.39, 0.29) is 0 Å². The van der Waals surface area contributed by atoms with Crippen LogP contribution in [-0.2, 0) is 26.2 Å². The topological polar surface area (TPSA) is 36.1 Å². The molecule has 8 rings (SSSR count). The van der Waals surface area contributed by atoms with Gasteiger partial charge in [-0.15, -0.1) is 0 Å². The monoisotopic (exact) mass is 674 g/mol. The maximum atomic E-state index is 5.64. The largest absolute Gasteiger partial charge is 0.497 e. The first kappa shape index (κ1) is 32.6. The molecular formula is C45H46N4O2+2. The molecule has 6 nitrogen and oxygen atoms in total. The van der Waals surface area contributed by atoms with Gasteiger partial charge < -0.3 is 18.6 Å². The standard InChI is InChI=1S/C45H46N4O2/c1-32-44-40(38-20-18-36(50-3)28-42(38)48(44)30-34-14-8-5-9-15-34)22-26-46(32)24-12-7-13-25-47-27-23-41-39-21-19-37(51-4)29-43(39)49(45(41)33(47)2)31-35-16-10-6-11-17-35/h5-6,8-11,14-23,26-29H,7,12-13,24-25,30-31H2,1-4H3/q+2. The molecule has 4 aromatic carbocycles. The zero-order chi connectivity index (χ0) is 34.9. The molecule has 0 amide bonds. The lowest BCUT2D eigenvalue weighted by molar-refractivity contribution is -0.705. The number of ether oxygens (including phenoxy) is 2. The van der Waals surface area contributed by atoms with Gasteiger partial charge in [0, 0.05) is 85.6 Å². The predicted molar refractivity (Wildman–Crippen MR) is 207 cm³/mol. The number of aryl methyl sites for hydroxylation is 4. The van der Waals surface area contributed by atoms with Crippen molar-refractivity contribution in [1.29, 1.82) is 0 Å². The minimum Gasteiger partial charge on any atom is -0.497 e. The Morgan fingerprint density at radius 1 is 0.490 bits per heavy atom. The third kappa shape index (κ3) is 6.09. The molecular weight excluding hydrogens is 629 g/mol. The smallest absolute Gasteiger partial charge is 0.202 e. The van der Waals surface area contributed by atoms with Crippen molar-refractivity contribution < 1.29 is 18.6 Å². The molecule has 0 aliphatic heterocycles. The average Bonchev–Trinajstić information content (AvgIpc) is 3.65. The molecule has 6 heteroatoms. The second kappa shape index (κ2) is 13.9. The summed E-state index contributed by atoms with van der Waals surface area (Å²) in [7, 11) is 3.48. The minimum absolute atomic E-state index is 0.817. The van der Waals surface area contributed by atoms with Crippen LogP contribution in [0.25, 0.3) is 43.6 Å². The number of aromatic nitrogens is 4. The zero-order valence-corrected chi connectivity index (χ0v) is 30.1. The number of rotatable bonds is 12. The van der Waals surface area contributed by atoms with E-state index in [0.717, 1.165) is 56.9 Å². The second-order valence-electron chi connectivity index (χ2n) is 13.7. The first-order valence-corrected chi connectivity index (χ1v) is 18.1. The van der Waals surface area contributed by atoms with Gasteiger partial charge in [0.25, 0.3) is 0 Å². The van der Waals surface area contributed by atoms with E-state index in [1.165, 1.54) is 66.1 Å². The fraction of sp³-hybridized carbons (Fsp3) is 0.244. The van der Waals surface area contributed by atoms with Crippen LogP contribution in [0.4, 0.5) is 0 Å². The van der Waals surface area contributed by atoms with Gasteiger partial charge in [-0.2, -0.15) is 0 Å². The fourth-order valence-corrected chi connectivity index (χ4v) is 7.99. The summed E-state index contributed by atoms with van der Waals surface area (Å²) in [5.41, 5.74) is 10.2. The Bertz CT molecular complexity index is 2320. The van der Waals surface area contributed by atoms with Gasteiger partial charge in [-0.3, -0.25) is 0 Å². The summed E-state index contributed by atoms with van der Waals surface area (Å²) in [4.78, 5) is 0. The summed E-state index contributed by atoms with van der Waals surface area (Å²) in [6.07, 6.45) is 7.96. The first-order valence-electron chi connectivity index (χ1n) is 18.1. The van der Waals surface area contributed by atoms with Crippen LogP contribution < -0.4 is 18.6 Å². The molecule has 0 saturated heterocycles. The maximum Gasteiger partial charge on any atom is 0.202 e. The molecule has 8 aromatic rings. The fourth-order valence-electron chi connectivity index (χ4n) is 7.99. The SMILES string of the molecule is COc1ccc2c3cc[n+](CCCCC[n+]4ccc5c6ccc(OC)cc6n(Cc6ccccc6)c5c4C)c(C)c3n(Cc3ccccc3)c2c1. The van der Waals surface area contributed by atoms with Gasteiger partial charge in [-0.05, 0) is 41.8 Å². The Kier molecular flexibility index (Phi) is 8.91. The quantitative estimate of drug-likeness (QED) is 0.0958. The molecule has 51 heavy (non-hydrogen) atoms. The van der Waals surface area contributed by atoms with Crippen molar-refractivity contribution in [1.82, 2.24) is 9.13 Å². The molecule has 0 unspecified atom stereocenters. The van der Waals surface area contributed by atoms with E-state index in [1.807, 2.05) is 0 Å². The normalized spacial score (nSPS) is 11.7. The Hall–Kier alpha value is -5.62. The molecule has 4 aromatic heterocycles. The Balaban J connectivity index is 1.03. The van der Waals surface area contributed by atoms with Gasteiger partial charge in [0.1, 0.15) is 35.6 Å². The van der Waals surface area contributed by atoms with E-state index in [0.29, 0.717) is 0 Å². The molecule has 4 heterocycles. The van der Waals surface area contributed by atoms with Crippen LogP contribution >= 0.6 is 0 Å². The molecule has 0 radical (unpaired) electrons. The highest BCUT2D eigenvalue weighted by molar-refractivity contribution is 6.09. The molecule has 0 fully saturated rings. The van der Waals surface area contributed by atoms with Gasteiger partial charge in [0.05, 0.1) is 25.3 Å². The van der Waals surface area contributed by atoms with Gasteiger partial charge in [0.2, 0.25) is 11.4 Å². The zero-order valence-electron chi connectivity index (χ0n) is 30.1. The lowest BCUT2D eigenvalue weighted by atomic mass is 10.1. The van der Waals surface area contributed by atoms with Crippen molar-refractivity contribution >= 4 is 43.6 Å². The number of unbranched alkanes of at least 4 members (excludes halogenated alkanes) is 2. The van der Waals surface area contributed by atoms with Gasteiger partial charge >= 0.3 is 0 Å². The lowest BCUT2D eigenvalue weighted by Crippen LogP contribution is -2.38. The molecule has 0 atom stereocenters. The van der Waals surface area contributed by atoms with E-state index in [9.17, 15) is 0 Å². The number of hydrogen-bond acceptors (Lipinski definition) is 2. The maximum absolute atomic E-state index is 5.64. The summed E-state index contributed by atoms with van der Waals surface area (Å²) >= 11 is 0. The number of benzene rings is 4. The van der Waals surface area contributed by atoms with Crippen molar-refractivity contribution in [2.45, 2.75) is 59.3 Å². The number of methoxy groups -OCH3 is 2. The van der Waals surface area contributed by atoms with Crippen LogP contribution in [0.2, 0.25) is 0 Å². The highest BCUT2D eigenvalue weighted by Gasteiger charge is 2.22. The van der Waals surface area contributed by atoms with E-state index in [4.69, 9.17) is 9.47 Å². The van der Waals surface area contributed by atoms with E-state index < -0.39 is 0 Å². The third-order valence-electron chi connectivity index (χ3n) is 10.7. The van der Waals surface area contributed by atoms with Crippen LogP contribution in [0.5, 0.6) is 11.5 Å². The highest BCUT2D eigenvalue weighted by atomic mass is 16.5. The van der Waals surface area contributed by atoms with Crippen molar-refractivity contribution in [3.63, 3.8) is 0 Å². The second-order valence-corrected chi connectivity index (χ2v) is 13.7. The molecule has 0 spiro atoms. The Morgan fingerprint density at radius 2 is 0.922 bits per heavy atom. The van der Waals surface area contributed by atoms with Crippen molar-refractivity contribution in [3.05, 3.63) is 144 Å². The van der Waals surface area contributed by atoms with Crippen LogP contribution in [0.1, 0.15) is 41.8 Å². The van der Waals surface area contributed by atoms with E-state index >= 15 is 0 Å². The first-order chi connectivity index (χ1) is 25.0.